The molecule has 0 saturated carbocycles. The van der Waals surface area contributed by atoms with E-state index >= 15 is 0 Å². The zero-order valence-corrected chi connectivity index (χ0v) is 15.9. The summed E-state index contributed by atoms with van der Waals surface area (Å²) in [7, 11) is 0. The lowest BCUT2D eigenvalue weighted by Crippen LogP contribution is -2.45. The number of rotatable bonds is 4. The Morgan fingerprint density at radius 1 is 1.11 bits per heavy atom. The molecule has 1 aliphatic rings. The van der Waals surface area contributed by atoms with E-state index in [0.717, 1.165) is 24.3 Å². The number of morpholine rings is 1. The molecule has 2 atom stereocenters. The lowest BCUT2D eigenvalue weighted by atomic mass is 10.00. The number of aromatic nitrogens is 3. The second-order valence-corrected chi connectivity index (χ2v) is 7.21. The van der Waals surface area contributed by atoms with Gasteiger partial charge in [-0.25, -0.2) is 4.98 Å². The molecule has 140 valence electrons. The van der Waals surface area contributed by atoms with Crippen LogP contribution in [0.3, 0.4) is 0 Å². The van der Waals surface area contributed by atoms with Crippen molar-refractivity contribution in [2.75, 3.05) is 23.3 Å². The summed E-state index contributed by atoms with van der Waals surface area (Å²) >= 11 is 0. The van der Waals surface area contributed by atoms with Crippen LogP contribution in [0.25, 0.3) is 11.1 Å². The molecule has 0 amide bonds. The standard InChI is InChI=1S/C21H25N5O/c1-14-8-17(10-18(9-14)26-11-15(2)27-16(3)12-26)19-6-4-5-7-20(19)24-21-22-13-23-25-21/h4-10,13,15-16H,11-12H2,1-3H3,(H2,22,23,24,25). The number of hydrogen-bond donors (Lipinski definition) is 2. The number of aryl methyl sites for hydroxylation is 1. The van der Waals surface area contributed by atoms with Crippen molar-refractivity contribution in [2.24, 2.45) is 0 Å². The summed E-state index contributed by atoms with van der Waals surface area (Å²) in [6.07, 6.45) is 2.03. The van der Waals surface area contributed by atoms with E-state index in [0.29, 0.717) is 5.95 Å². The summed E-state index contributed by atoms with van der Waals surface area (Å²) in [5, 5.41) is 10.1. The fourth-order valence-corrected chi connectivity index (χ4v) is 3.72. The van der Waals surface area contributed by atoms with Crippen LogP contribution in [0.5, 0.6) is 0 Å². The number of benzene rings is 2. The van der Waals surface area contributed by atoms with Crippen LogP contribution in [-0.4, -0.2) is 40.5 Å². The highest BCUT2D eigenvalue weighted by Gasteiger charge is 2.23. The first-order chi connectivity index (χ1) is 13.1. The molecule has 4 rings (SSSR count). The van der Waals surface area contributed by atoms with Gasteiger partial charge in [0.15, 0.2) is 0 Å². The maximum absolute atomic E-state index is 5.89. The van der Waals surface area contributed by atoms with Gasteiger partial charge in [0.25, 0.3) is 0 Å². The van der Waals surface area contributed by atoms with Crippen molar-refractivity contribution in [1.82, 2.24) is 15.2 Å². The van der Waals surface area contributed by atoms with E-state index < -0.39 is 0 Å². The molecule has 1 fully saturated rings. The number of ether oxygens (including phenoxy) is 1. The molecule has 1 saturated heterocycles. The molecule has 6 nitrogen and oxygen atoms in total. The maximum atomic E-state index is 5.89. The van der Waals surface area contributed by atoms with Gasteiger partial charge in [-0.05, 0) is 50.1 Å². The Hall–Kier alpha value is -2.86. The molecular weight excluding hydrogens is 338 g/mol. The highest BCUT2D eigenvalue weighted by atomic mass is 16.5. The van der Waals surface area contributed by atoms with Gasteiger partial charge in [-0.2, -0.15) is 0 Å². The summed E-state index contributed by atoms with van der Waals surface area (Å²) in [6.45, 7) is 8.23. The van der Waals surface area contributed by atoms with Crippen LogP contribution in [0, 0.1) is 6.92 Å². The molecular formula is C21H25N5O. The minimum Gasteiger partial charge on any atom is -0.372 e. The van der Waals surface area contributed by atoms with Crippen LogP contribution < -0.4 is 10.2 Å². The van der Waals surface area contributed by atoms with Crippen molar-refractivity contribution >= 4 is 17.3 Å². The monoisotopic (exact) mass is 363 g/mol. The van der Waals surface area contributed by atoms with Crippen LogP contribution >= 0.6 is 0 Å². The highest BCUT2D eigenvalue weighted by molar-refractivity contribution is 5.82. The third-order valence-corrected chi connectivity index (χ3v) is 4.75. The fraction of sp³-hybridized carbons (Fsp3) is 0.333. The van der Waals surface area contributed by atoms with E-state index in [2.05, 4.69) is 76.5 Å². The summed E-state index contributed by atoms with van der Waals surface area (Å²) in [5.41, 5.74) is 5.76. The molecule has 2 heterocycles. The van der Waals surface area contributed by atoms with Gasteiger partial charge < -0.3 is 15.0 Å². The number of H-pyrrole nitrogens is 1. The Kier molecular flexibility index (Phi) is 4.81. The van der Waals surface area contributed by atoms with Gasteiger partial charge in [-0.3, -0.25) is 5.10 Å². The highest BCUT2D eigenvalue weighted by Crippen LogP contribution is 2.33. The van der Waals surface area contributed by atoms with Gasteiger partial charge in [0, 0.05) is 30.0 Å². The first-order valence-electron chi connectivity index (χ1n) is 9.33. The number of nitrogens with one attached hydrogen (secondary N) is 2. The molecule has 27 heavy (non-hydrogen) atoms. The van der Waals surface area contributed by atoms with Crippen molar-refractivity contribution in [3.63, 3.8) is 0 Å². The number of hydrogen-bond acceptors (Lipinski definition) is 5. The zero-order valence-electron chi connectivity index (χ0n) is 15.9. The van der Waals surface area contributed by atoms with E-state index in [4.69, 9.17) is 4.74 Å². The Balaban J connectivity index is 1.70. The number of aromatic amines is 1. The van der Waals surface area contributed by atoms with Gasteiger partial charge in [-0.15, -0.1) is 5.10 Å². The van der Waals surface area contributed by atoms with Crippen LogP contribution in [0.1, 0.15) is 19.4 Å². The van der Waals surface area contributed by atoms with Crippen LogP contribution in [0.15, 0.2) is 48.8 Å². The lowest BCUT2D eigenvalue weighted by Gasteiger charge is -2.37. The number of nitrogens with zero attached hydrogens (tertiary/aromatic N) is 3. The fourth-order valence-electron chi connectivity index (χ4n) is 3.72. The number of para-hydroxylation sites is 1. The smallest absolute Gasteiger partial charge is 0.246 e. The summed E-state index contributed by atoms with van der Waals surface area (Å²) in [4.78, 5) is 6.59. The molecule has 0 aliphatic carbocycles. The van der Waals surface area contributed by atoms with Gasteiger partial charge in [0.2, 0.25) is 5.95 Å². The van der Waals surface area contributed by atoms with Crippen molar-refractivity contribution < 1.29 is 4.74 Å². The van der Waals surface area contributed by atoms with Gasteiger partial charge in [0.1, 0.15) is 6.33 Å². The van der Waals surface area contributed by atoms with E-state index in [9.17, 15) is 0 Å². The minimum atomic E-state index is 0.234. The van der Waals surface area contributed by atoms with Crippen molar-refractivity contribution in [3.05, 3.63) is 54.4 Å². The Labute approximate surface area is 159 Å². The molecule has 1 aliphatic heterocycles. The molecule has 0 bridgehead atoms. The van der Waals surface area contributed by atoms with Crippen molar-refractivity contribution in [3.8, 4) is 11.1 Å². The van der Waals surface area contributed by atoms with Crippen molar-refractivity contribution in [1.29, 1.82) is 0 Å². The van der Waals surface area contributed by atoms with Crippen LogP contribution in [-0.2, 0) is 4.74 Å². The average Bonchev–Trinajstić information content (AvgIpc) is 3.14. The zero-order chi connectivity index (χ0) is 18.8. The van der Waals surface area contributed by atoms with E-state index in [1.807, 2.05) is 12.1 Å². The van der Waals surface area contributed by atoms with Crippen LogP contribution in [0.4, 0.5) is 17.3 Å². The number of anilines is 3. The minimum absolute atomic E-state index is 0.234. The van der Waals surface area contributed by atoms with Crippen molar-refractivity contribution in [2.45, 2.75) is 33.0 Å². The van der Waals surface area contributed by atoms with Gasteiger partial charge in [-0.1, -0.05) is 24.3 Å². The summed E-state index contributed by atoms with van der Waals surface area (Å²) in [6, 6.07) is 15.0. The van der Waals surface area contributed by atoms with E-state index in [-0.39, 0.29) is 12.2 Å². The molecule has 6 heteroatoms. The van der Waals surface area contributed by atoms with Gasteiger partial charge >= 0.3 is 0 Å². The largest absolute Gasteiger partial charge is 0.372 e. The Morgan fingerprint density at radius 2 is 1.89 bits per heavy atom. The first-order valence-corrected chi connectivity index (χ1v) is 9.33. The molecule has 0 spiro atoms. The topological polar surface area (TPSA) is 66.1 Å². The second-order valence-electron chi connectivity index (χ2n) is 7.21. The Morgan fingerprint density at radius 3 is 2.63 bits per heavy atom. The van der Waals surface area contributed by atoms with E-state index in [1.165, 1.54) is 16.8 Å². The SMILES string of the molecule is Cc1cc(-c2ccccc2Nc2nc[nH]n2)cc(N2CC(C)OC(C)C2)c1. The molecule has 2 aromatic carbocycles. The average molecular weight is 363 g/mol. The predicted molar refractivity (Wildman–Crippen MR) is 109 cm³/mol. The Bertz CT molecular complexity index is 899. The first kappa shape index (κ1) is 17.5. The summed E-state index contributed by atoms with van der Waals surface area (Å²) in [5.74, 6) is 0.561. The van der Waals surface area contributed by atoms with E-state index in [1.54, 1.807) is 6.33 Å². The molecule has 0 radical (unpaired) electrons. The quantitative estimate of drug-likeness (QED) is 0.729. The maximum Gasteiger partial charge on any atom is 0.246 e. The molecule has 2 unspecified atom stereocenters. The third-order valence-electron chi connectivity index (χ3n) is 4.75. The third kappa shape index (κ3) is 3.95. The van der Waals surface area contributed by atoms with Crippen LogP contribution in [0.2, 0.25) is 0 Å². The molecule has 2 N–H and O–H groups in total. The van der Waals surface area contributed by atoms with Gasteiger partial charge in [0.05, 0.1) is 12.2 Å². The molecule has 3 aromatic rings. The molecule has 1 aromatic heterocycles. The second kappa shape index (κ2) is 7.40. The predicted octanol–water partition coefficient (Wildman–Crippen LogP) is 4.14. The normalized spacial score (nSPS) is 19.9. The lowest BCUT2D eigenvalue weighted by molar-refractivity contribution is -0.00521. The summed E-state index contributed by atoms with van der Waals surface area (Å²) < 4.78 is 5.89.